The van der Waals surface area contributed by atoms with E-state index in [9.17, 15) is 0 Å². The number of hydrogen-bond acceptors (Lipinski definition) is 4. The van der Waals surface area contributed by atoms with Crippen molar-refractivity contribution in [2.45, 2.75) is 32.6 Å². The fraction of sp³-hybridized carbons (Fsp3) is 0.533. The number of hydrogen-bond donors (Lipinski definition) is 2. The first-order chi connectivity index (χ1) is 9.49. The summed E-state index contributed by atoms with van der Waals surface area (Å²) in [4.78, 5) is 2.38. The molecule has 2 rings (SSSR count). The van der Waals surface area contributed by atoms with Crippen molar-refractivity contribution in [2.24, 2.45) is 5.73 Å². The lowest BCUT2D eigenvalue weighted by molar-refractivity contribution is -0.0704. The third-order valence-corrected chi connectivity index (χ3v) is 3.46. The molecule has 110 valence electrons. The average molecular weight is 277 g/mol. The molecule has 0 aliphatic carbocycles. The molecule has 1 aromatic rings. The van der Waals surface area contributed by atoms with Crippen LogP contribution in [-0.2, 0) is 11.3 Å². The molecule has 5 heteroatoms. The fourth-order valence-corrected chi connectivity index (χ4v) is 2.73. The maximum Gasteiger partial charge on any atom is 0.130 e. The van der Waals surface area contributed by atoms with Crippen LogP contribution in [0.3, 0.4) is 0 Å². The topological polar surface area (TPSA) is 71.6 Å². The number of ether oxygens (including phenoxy) is 2. The minimum absolute atomic E-state index is 0.0296. The minimum Gasteiger partial charge on any atom is -0.496 e. The lowest BCUT2D eigenvalue weighted by Crippen LogP contribution is -2.44. The van der Waals surface area contributed by atoms with Gasteiger partial charge in [-0.2, -0.15) is 0 Å². The highest BCUT2D eigenvalue weighted by molar-refractivity contribution is 5.97. The first-order valence-corrected chi connectivity index (χ1v) is 6.88. The van der Waals surface area contributed by atoms with E-state index in [0.29, 0.717) is 11.3 Å². The predicted molar refractivity (Wildman–Crippen MR) is 79.3 cm³/mol. The number of morpholine rings is 1. The maximum absolute atomic E-state index is 7.53. The van der Waals surface area contributed by atoms with Gasteiger partial charge in [-0.25, -0.2) is 0 Å². The molecule has 0 amide bonds. The Morgan fingerprint density at radius 2 is 2.05 bits per heavy atom. The molecule has 1 fully saturated rings. The number of nitrogen functional groups attached to an aromatic ring is 1. The summed E-state index contributed by atoms with van der Waals surface area (Å²) in [7, 11) is 1.60. The summed E-state index contributed by atoms with van der Waals surface area (Å²) in [6, 6.07) is 5.81. The summed E-state index contributed by atoms with van der Waals surface area (Å²) in [6.07, 6.45) is 0.522. The summed E-state index contributed by atoms with van der Waals surface area (Å²) in [6.45, 7) is 6.92. The summed E-state index contributed by atoms with van der Waals surface area (Å²) in [5.41, 5.74) is 7.34. The van der Waals surface area contributed by atoms with Gasteiger partial charge in [-0.3, -0.25) is 10.3 Å². The quantitative estimate of drug-likeness (QED) is 0.647. The van der Waals surface area contributed by atoms with E-state index in [2.05, 4.69) is 18.7 Å². The maximum atomic E-state index is 7.53. The van der Waals surface area contributed by atoms with Crippen LogP contribution in [0.5, 0.6) is 5.75 Å². The molecule has 20 heavy (non-hydrogen) atoms. The van der Waals surface area contributed by atoms with Crippen molar-refractivity contribution in [3.63, 3.8) is 0 Å². The van der Waals surface area contributed by atoms with E-state index in [1.54, 1.807) is 7.11 Å². The van der Waals surface area contributed by atoms with E-state index < -0.39 is 0 Å². The first kappa shape index (κ1) is 14.8. The standard InChI is InChI=1S/C15H23N3O2/c1-10-7-18(8-11(2)20-10)9-12-4-5-13(15(16)17)14(6-12)19-3/h4-6,10-11H,7-9H2,1-3H3,(H3,16,17)/t10-,11+. The Morgan fingerprint density at radius 3 is 2.60 bits per heavy atom. The molecule has 2 atom stereocenters. The Kier molecular flexibility index (Phi) is 4.62. The van der Waals surface area contributed by atoms with Crippen LogP contribution in [-0.4, -0.2) is 43.1 Å². The monoisotopic (exact) mass is 277 g/mol. The lowest BCUT2D eigenvalue weighted by Gasteiger charge is -2.35. The smallest absolute Gasteiger partial charge is 0.130 e. The van der Waals surface area contributed by atoms with Crippen LogP contribution >= 0.6 is 0 Å². The van der Waals surface area contributed by atoms with Gasteiger partial charge in [0.25, 0.3) is 0 Å². The van der Waals surface area contributed by atoms with E-state index in [1.807, 2.05) is 18.2 Å². The van der Waals surface area contributed by atoms with E-state index >= 15 is 0 Å². The van der Waals surface area contributed by atoms with Gasteiger partial charge in [0.2, 0.25) is 0 Å². The van der Waals surface area contributed by atoms with Crippen LogP contribution in [0.4, 0.5) is 0 Å². The largest absolute Gasteiger partial charge is 0.496 e. The molecule has 1 heterocycles. The molecule has 0 radical (unpaired) electrons. The predicted octanol–water partition coefficient (Wildman–Crippen LogP) is 1.59. The van der Waals surface area contributed by atoms with E-state index in [4.69, 9.17) is 20.6 Å². The van der Waals surface area contributed by atoms with Gasteiger partial charge in [-0.15, -0.1) is 0 Å². The molecule has 0 bridgehead atoms. The van der Waals surface area contributed by atoms with Gasteiger partial charge >= 0.3 is 0 Å². The molecule has 5 nitrogen and oxygen atoms in total. The van der Waals surface area contributed by atoms with Gasteiger partial charge in [0.15, 0.2) is 0 Å². The van der Waals surface area contributed by atoms with Crippen molar-refractivity contribution in [2.75, 3.05) is 20.2 Å². The van der Waals surface area contributed by atoms with Crippen molar-refractivity contribution in [1.82, 2.24) is 4.90 Å². The Balaban J connectivity index is 2.11. The Hall–Kier alpha value is -1.59. The molecule has 1 aliphatic rings. The fourth-order valence-electron chi connectivity index (χ4n) is 2.73. The molecular weight excluding hydrogens is 254 g/mol. The average Bonchev–Trinajstić information content (AvgIpc) is 2.37. The molecule has 0 spiro atoms. The van der Waals surface area contributed by atoms with Crippen molar-refractivity contribution in [3.8, 4) is 5.75 Å². The molecule has 0 unspecified atom stereocenters. The molecule has 0 aromatic heterocycles. The van der Waals surface area contributed by atoms with Crippen molar-refractivity contribution in [1.29, 1.82) is 5.41 Å². The zero-order valence-electron chi connectivity index (χ0n) is 12.3. The van der Waals surface area contributed by atoms with Gasteiger partial charge in [-0.1, -0.05) is 6.07 Å². The number of methoxy groups -OCH3 is 1. The second-order valence-corrected chi connectivity index (χ2v) is 5.40. The van der Waals surface area contributed by atoms with Crippen LogP contribution in [0.2, 0.25) is 0 Å². The minimum atomic E-state index is 0.0296. The summed E-state index contributed by atoms with van der Waals surface area (Å²) in [5, 5.41) is 7.53. The highest BCUT2D eigenvalue weighted by atomic mass is 16.5. The van der Waals surface area contributed by atoms with Crippen molar-refractivity contribution < 1.29 is 9.47 Å². The van der Waals surface area contributed by atoms with Crippen LogP contribution in [0.15, 0.2) is 18.2 Å². The number of rotatable bonds is 4. The number of amidine groups is 1. The summed E-state index contributed by atoms with van der Waals surface area (Å²) < 4.78 is 11.1. The van der Waals surface area contributed by atoms with Gasteiger partial charge in [-0.05, 0) is 31.5 Å². The zero-order chi connectivity index (χ0) is 14.7. The molecule has 0 saturated carbocycles. The number of nitrogens with one attached hydrogen (secondary N) is 1. The number of benzene rings is 1. The van der Waals surface area contributed by atoms with Gasteiger partial charge in [0.1, 0.15) is 11.6 Å². The van der Waals surface area contributed by atoms with E-state index in [0.717, 1.165) is 25.2 Å². The van der Waals surface area contributed by atoms with Crippen LogP contribution in [0.1, 0.15) is 25.0 Å². The molecule has 1 aliphatic heterocycles. The second kappa shape index (κ2) is 6.24. The van der Waals surface area contributed by atoms with E-state index in [-0.39, 0.29) is 18.0 Å². The van der Waals surface area contributed by atoms with Crippen molar-refractivity contribution >= 4 is 5.84 Å². The summed E-state index contributed by atoms with van der Waals surface area (Å²) in [5.74, 6) is 0.686. The highest BCUT2D eigenvalue weighted by Gasteiger charge is 2.22. The van der Waals surface area contributed by atoms with Crippen LogP contribution in [0.25, 0.3) is 0 Å². The van der Waals surface area contributed by atoms with Gasteiger partial charge < -0.3 is 15.2 Å². The van der Waals surface area contributed by atoms with Crippen molar-refractivity contribution in [3.05, 3.63) is 29.3 Å². The second-order valence-electron chi connectivity index (χ2n) is 5.40. The Bertz CT molecular complexity index is 480. The molecular formula is C15H23N3O2. The normalized spacial score (nSPS) is 23.6. The van der Waals surface area contributed by atoms with Crippen LogP contribution < -0.4 is 10.5 Å². The lowest BCUT2D eigenvalue weighted by atomic mass is 10.1. The molecule has 1 aromatic carbocycles. The van der Waals surface area contributed by atoms with Crippen LogP contribution in [0, 0.1) is 5.41 Å². The first-order valence-electron chi connectivity index (χ1n) is 6.88. The molecule has 3 N–H and O–H groups in total. The third-order valence-electron chi connectivity index (χ3n) is 3.46. The number of nitrogens with two attached hydrogens (primary N) is 1. The number of nitrogens with zero attached hydrogens (tertiary/aromatic N) is 1. The third kappa shape index (κ3) is 3.49. The highest BCUT2D eigenvalue weighted by Crippen LogP contribution is 2.22. The SMILES string of the molecule is COc1cc(CN2C[C@@H](C)O[C@@H](C)C2)ccc1C(=N)N. The van der Waals surface area contributed by atoms with Gasteiger partial charge in [0, 0.05) is 19.6 Å². The molecule has 1 saturated heterocycles. The Morgan fingerprint density at radius 1 is 1.40 bits per heavy atom. The van der Waals surface area contributed by atoms with Gasteiger partial charge in [0.05, 0.1) is 24.9 Å². The summed E-state index contributed by atoms with van der Waals surface area (Å²) >= 11 is 0. The zero-order valence-corrected chi connectivity index (χ0v) is 12.3. The Labute approximate surface area is 120 Å². The van der Waals surface area contributed by atoms with E-state index in [1.165, 1.54) is 0 Å².